The van der Waals surface area contributed by atoms with Gasteiger partial charge in [-0.05, 0) is 20.4 Å². The van der Waals surface area contributed by atoms with Gasteiger partial charge < -0.3 is 10.1 Å². The monoisotopic (exact) mass is 115 g/mol. The highest BCUT2D eigenvalue weighted by atomic mass is 16.1. The molecule has 48 valence electrons. The molecule has 0 aromatic heterocycles. The Kier molecular flexibility index (Phi) is 2.69. The predicted octanol–water partition coefficient (Wildman–Crippen LogP) is 0.573. The molecule has 0 heterocycles. The summed E-state index contributed by atoms with van der Waals surface area (Å²) in [6, 6.07) is 0. The summed E-state index contributed by atoms with van der Waals surface area (Å²) >= 11 is 0. The van der Waals surface area contributed by atoms with Gasteiger partial charge in [0.1, 0.15) is 6.29 Å². The largest absolute Gasteiger partial charge is 0.308 e. The number of nitrogens with one attached hydrogen (secondary N) is 1. The molecule has 0 fully saturated rings. The molecule has 0 aromatic rings. The smallest absolute Gasteiger partial charge is 0.139 e. The fourth-order valence-electron chi connectivity index (χ4n) is 0.319. The summed E-state index contributed by atoms with van der Waals surface area (Å²) in [6.07, 6.45) is 1.78. The van der Waals surface area contributed by atoms with Crippen molar-refractivity contribution in [2.24, 2.45) is 0 Å². The Bertz CT molecular complexity index is 76.6. The number of rotatable bonds is 3. The number of aldehydes is 1. The van der Waals surface area contributed by atoms with E-state index in [-0.39, 0.29) is 5.54 Å². The second kappa shape index (κ2) is 2.82. The lowest BCUT2D eigenvalue weighted by Crippen LogP contribution is -2.40. The van der Waals surface area contributed by atoms with E-state index in [0.29, 0.717) is 0 Å². The van der Waals surface area contributed by atoms with Crippen LogP contribution < -0.4 is 5.32 Å². The van der Waals surface area contributed by atoms with Crippen molar-refractivity contribution < 1.29 is 4.79 Å². The zero-order valence-electron chi connectivity index (χ0n) is 5.69. The van der Waals surface area contributed by atoms with Crippen molar-refractivity contribution >= 4 is 6.29 Å². The maximum absolute atomic E-state index is 10.2. The number of hydrogen-bond acceptors (Lipinski definition) is 2. The van der Waals surface area contributed by atoms with Crippen molar-refractivity contribution in [1.82, 2.24) is 5.32 Å². The first kappa shape index (κ1) is 7.63. The molecule has 0 aliphatic rings. The Morgan fingerprint density at radius 1 is 1.75 bits per heavy atom. The highest BCUT2D eigenvalue weighted by Crippen LogP contribution is 2.01. The van der Waals surface area contributed by atoms with E-state index in [1.807, 2.05) is 13.8 Å². The lowest BCUT2D eigenvalue weighted by molar-refractivity contribution is -0.112. The molecule has 0 radical (unpaired) electrons. The van der Waals surface area contributed by atoms with Crippen LogP contribution in [0, 0.1) is 0 Å². The molecule has 1 atom stereocenters. The molecular formula is C6H13NO. The van der Waals surface area contributed by atoms with E-state index in [1.54, 1.807) is 7.05 Å². The molecule has 0 saturated carbocycles. The molecule has 0 aliphatic carbocycles. The zero-order valence-corrected chi connectivity index (χ0v) is 5.69. The fraction of sp³-hybridized carbons (Fsp3) is 0.833. The second-order valence-electron chi connectivity index (χ2n) is 2.14. The van der Waals surface area contributed by atoms with Crippen LogP contribution in [0.3, 0.4) is 0 Å². The van der Waals surface area contributed by atoms with Crippen LogP contribution in [0.4, 0.5) is 0 Å². The summed E-state index contributed by atoms with van der Waals surface area (Å²) in [6.45, 7) is 3.85. The summed E-state index contributed by atoms with van der Waals surface area (Å²) in [5.74, 6) is 0. The van der Waals surface area contributed by atoms with Gasteiger partial charge in [0.2, 0.25) is 0 Å². The molecule has 2 nitrogen and oxygen atoms in total. The Hall–Kier alpha value is -0.370. The van der Waals surface area contributed by atoms with E-state index in [1.165, 1.54) is 0 Å². The van der Waals surface area contributed by atoms with Gasteiger partial charge in [0, 0.05) is 0 Å². The lowest BCUT2D eigenvalue weighted by Gasteiger charge is -2.18. The fourth-order valence-corrected chi connectivity index (χ4v) is 0.319. The minimum atomic E-state index is -0.306. The number of hydrogen-bond donors (Lipinski definition) is 1. The van der Waals surface area contributed by atoms with Gasteiger partial charge in [-0.15, -0.1) is 0 Å². The van der Waals surface area contributed by atoms with Crippen molar-refractivity contribution in [2.45, 2.75) is 25.8 Å². The Balaban J connectivity index is 3.76. The van der Waals surface area contributed by atoms with E-state index in [9.17, 15) is 4.79 Å². The van der Waals surface area contributed by atoms with Crippen molar-refractivity contribution in [2.75, 3.05) is 7.05 Å². The van der Waals surface area contributed by atoms with Crippen molar-refractivity contribution in [3.8, 4) is 0 Å². The molecule has 0 aliphatic heterocycles. The highest BCUT2D eigenvalue weighted by molar-refractivity contribution is 5.63. The highest BCUT2D eigenvalue weighted by Gasteiger charge is 2.16. The number of carbonyl (C=O) groups is 1. The van der Waals surface area contributed by atoms with Gasteiger partial charge in [0.05, 0.1) is 5.54 Å². The van der Waals surface area contributed by atoms with E-state index < -0.39 is 0 Å². The average molecular weight is 115 g/mol. The van der Waals surface area contributed by atoms with Crippen LogP contribution in [0.15, 0.2) is 0 Å². The third-order valence-electron chi connectivity index (χ3n) is 1.57. The maximum atomic E-state index is 10.2. The molecule has 8 heavy (non-hydrogen) atoms. The normalized spacial score (nSPS) is 17.4. The maximum Gasteiger partial charge on any atom is 0.139 e. The molecule has 1 N–H and O–H groups in total. The molecule has 0 spiro atoms. The van der Waals surface area contributed by atoms with Gasteiger partial charge in [0.25, 0.3) is 0 Å². The molecule has 0 aromatic carbocycles. The van der Waals surface area contributed by atoms with Crippen LogP contribution in [0.5, 0.6) is 0 Å². The summed E-state index contributed by atoms with van der Waals surface area (Å²) in [7, 11) is 1.79. The molecule has 0 rings (SSSR count). The minimum absolute atomic E-state index is 0.306. The lowest BCUT2D eigenvalue weighted by atomic mass is 10.0. The molecule has 0 bridgehead atoms. The van der Waals surface area contributed by atoms with Crippen LogP contribution in [-0.2, 0) is 4.79 Å². The molecule has 1 unspecified atom stereocenters. The van der Waals surface area contributed by atoms with Crippen LogP contribution in [0.2, 0.25) is 0 Å². The first-order chi connectivity index (χ1) is 3.68. The molecule has 0 amide bonds. The second-order valence-corrected chi connectivity index (χ2v) is 2.14. The van der Waals surface area contributed by atoms with Gasteiger partial charge >= 0.3 is 0 Å². The van der Waals surface area contributed by atoms with E-state index in [0.717, 1.165) is 12.7 Å². The van der Waals surface area contributed by atoms with Crippen molar-refractivity contribution in [3.05, 3.63) is 0 Å². The van der Waals surface area contributed by atoms with Gasteiger partial charge in [-0.25, -0.2) is 0 Å². The molecular weight excluding hydrogens is 102 g/mol. The summed E-state index contributed by atoms with van der Waals surface area (Å²) < 4.78 is 0. The van der Waals surface area contributed by atoms with Crippen LogP contribution in [-0.4, -0.2) is 18.9 Å². The van der Waals surface area contributed by atoms with Gasteiger partial charge in [-0.3, -0.25) is 0 Å². The first-order valence-corrected chi connectivity index (χ1v) is 2.84. The van der Waals surface area contributed by atoms with E-state index in [2.05, 4.69) is 5.32 Å². The average Bonchev–Trinajstić information content (AvgIpc) is 1.87. The topological polar surface area (TPSA) is 29.1 Å². The summed E-state index contributed by atoms with van der Waals surface area (Å²) in [5.41, 5.74) is -0.306. The first-order valence-electron chi connectivity index (χ1n) is 2.84. The van der Waals surface area contributed by atoms with Crippen molar-refractivity contribution in [3.63, 3.8) is 0 Å². The Morgan fingerprint density at radius 3 is 2.25 bits per heavy atom. The van der Waals surface area contributed by atoms with E-state index in [4.69, 9.17) is 0 Å². The van der Waals surface area contributed by atoms with Gasteiger partial charge in [0.15, 0.2) is 0 Å². The van der Waals surface area contributed by atoms with Crippen LogP contribution in [0.25, 0.3) is 0 Å². The standard InChI is InChI=1S/C6H13NO/c1-4-6(2,5-8)7-3/h5,7H,4H2,1-3H3. The van der Waals surface area contributed by atoms with Crippen LogP contribution in [0.1, 0.15) is 20.3 Å². The van der Waals surface area contributed by atoms with Gasteiger partial charge in [-0.2, -0.15) is 0 Å². The molecule has 2 heteroatoms. The Morgan fingerprint density at radius 2 is 2.25 bits per heavy atom. The SMILES string of the molecule is CCC(C)(C=O)NC. The zero-order chi connectivity index (χ0) is 6.62. The summed E-state index contributed by atoms with van der Waals surface area (Å²) in [4.78, 5) is 10.2. The predicted molar refractivity (Wildman–Crippen MR) is 33.8 cm³/mol. The summed E-state index contributed by atoms with van der Waals surface area (Å²) in [5, 5.41) is 2.91. The number of carbonyl (C=O) groups excluding carboxylic acids is 1. The molecule has 0 saturated heterocycles. The third kappa shape index (κ3) is 1.62. The Labute approximate surface area is 50.3 Å². The third-order valence-corrected chi connectivity index (χ3v) is 1.57. The van der Waals surface area contributed by atoms with Gasteiger partial charge in [-0.1, -0.05) is 6.92 Å². The van der Waals surface area contributed by atoms with Crippen LogP contribution >= 0.6 is 0 Å². The minimum Gasteiger partial charge on any atom is -0.308 e. The number of likely N-dealkylation sites (N-methyl/N-ethyl adjacent to an activating group) is 1. The van der Waals surface area contributed by atoms with E-state index >= 15 is 0 Å². The quantitative estimate of drug-likeness (QED) is 0.545. The van der Waals surface area contributed by atoms with Crippen molar-refractivity contribution in [1.29, 1.82) is 0 Å².